The van der Waals surface area contributed by atoms with Gasteiger partial charge in [0.2, 0.25) is 10.0 Å². The minimum absolute atomic E-state index is 0.415. The highest BCUT2D eigenvalue weighted by Gasteiger charge is 2.17. The Morgan fingerprint density at radius 2 is 1.80 bits per heavy atom. The first kappa shape index (κ1) is 16.0. The third-order valence-corrected chi connectivity index (χ3v) is 5.75. The Labute approximate surface area is 130 Å². The molecular weight excluding hydrogens is 338 g/mol. The molecule has 0 bridgehead atoms. The number of alkyl halides is 1. The zero-order valence-electron chi connectivity index (χ0n) is 11.7. The van der Waals surface area contributed by atoms with E-state index in [9.17, 15) is 8.42 Å². The number of rotatable bonds is 8. The van der Waals surface area contributed by atoms with Crippen LogP contribution >= 0.6 is 15.9 Å². The smallest absolute Gasteiger partial charge is 0.211 e. The van der Waals surface area contributed by atoms with Crippen LogP contribution in [0.4, 0.5) is 0 Å². The molecule has 0 atom stereocenters. The number of fused-ring (bicyclic) bond motifs is 1. The molecule has 5 heteroatoms. The molecule has 112 valence electrons. The maximum atomic E-state index is 12.2. The van der Waals surface area contributed by atoms with Gasteiger partial charge in [0.15, 0.2) is 0 Å². The first-order chi connectivity index (χ1) is 9.63. The van der Waals surface area contributed by atoms with Crippen molar-refractivity contribution in [3.05, 3.63) is 29.3 Å². The second kappa shape index (κ2) is 7.57. The van der Waals surface area contributed by atoms with Crippen molar-refractivity contribution in [3.8, 4) is 0 Å². The van der Waals surface area contributed by atoms with Gasteiger partial charge in [-0.2, -0.15) is 0 Å². The summed E-state index contributed by atoms with van der Waals surface area (Å²) in [4.78, 5) is 0.415. The lowest BCUT2D eigenvalue weighted by Crippen LogP contribution is -2.24. The Balaban J connectivity index is 1.87. The minimum Gasteiger partial charge on any atom is -0.211 e. The van der Waals surface area contributed by atoms with E-state index in [1.807, 2.05) is 12.1 Å². The molecule has 1 aromatic rings. The Morgan fingerprint density at radius 1 is 1.05 bits per heavy atom. The van der Waals surface area contributed by atoms with E-state index in [4.69, 9.17) is 0 Å². The zero-order chi connectivity index (χ0) is 14.4. The summed E-state index contributed by atoms with van der Waals surface area (Å²) in [5, 5.41) is 1.02. The van der Waals surface area contributed by atoms with Crippen molar-refractivity contribution < 1.29 is 8.42 Å². The molecule has 20 heavy (non-hydrogen) atoms. The van der Waals surface area contributed by atoms with E-state index < -0.39 is 10.0 Å². The predicted octanol–water partition coefficient (Wildman–Crippen LogP) is 3.41. The summed E-state index contributed by atoms with van der Waals surface area (Å²) in [5.41, 5.74) is 2.50. The van der Waals surface area contributed by atoms with E-state index in [0.717, 1.165) is 50.3 Å². The molecule has 0 radical (unpaired) electrons. The van der Waals surface area contributed by atoms with Crippen molar-refractivity contribution in [2.45, 2.75) is 49.8 Å². The molecule has 0 saturated carbocycles. The Hall–Kier alpha value is -0.390. The van der Waals surface area contributed by atoms with E-state index in [2.05, 4.69) is 20.7 Å². The molecule has 3 nitrogen and oxygen atoms in total. The number of sulfonamides is 1. The zero-order valence-corrected chi connectivity index (χ0v) is 14.1. The standard InChI is InChI=1S/C15H22BrNO2S/c16-10-3-1-2-4-11-17-20(18,19)15-9-8-13-6-5-7-14(13)12-15/h8-9,12,17H,1-7,10-11H2. The van der Waals surface area contributed by atoms with E-state index in [-0.39, 0.29) is 0 Å². The monoisotopic (exact) mass is 359 g/mol. The fraction of sp³-hybridized carbons (Fsp3) is 0.600. The molecule has 0 heterocycles. The second-order valence-electron chi connectivity index (χ2n) is 5.29. The number of aryl methyl sites for hydroxylation is 2. The number of hydrogen-bond donors (Lipinski definition) is 1. The number of halogens is 1. The van der Waals surface area contributed by atoms with Gasteiger partial charge >= 0.3 is 0 Å². The van der Waals surface area contributed by atoms with E-state index in [0.29, 0.717) is 11.4 Å². The summed E-state index contributed by atoms with van der Waals surface area (Å²) in [6.45, 7) is 0.529. The van der Waals surface area contributed by atoms with Gasteiger partial charge < -0.3 is 0 Å². The van der Waals surface area contributed by atoms with Crippen LogP contribution in [-0.4, -0.2) is 20.3 Å². The van der Waals surface area contributed by atoms with Gasteiger partial charge in [0.25, 0.3) is 0 Å². The highest BCUT2D eigenvalue weighted by atomic mass is 79.9. The van der Waals surface area contributed by atoms with E-state index in [1.54, 1.807) is 6.07 Å². The highest BCUT2D eigenvalue weighted by Crippen LogP contribution is 2.24. The van der Waals surface area contributed by atoms with Crippen LogP contribution < -0.4 is 4.72 Å². The number of unbranched alkanes of at least 4 members (excludes halogenated alkanes) is 3. The maximum Gasteiger partial charge on any atom is 0.240 e. The molecule has 0 unspecified atom stereocenters. The van der Waals surface area contributed by atoms with Crippen LogP contribution in [0.25, 0.3) is 0 Å². The predicted molar refractivity (Wildman–Crippen MR) is 85.9 cm³/mol. The molecule has 1 aliphatic rings. The van der Waals surface area contributed by atoms with Crippen LogP contribution in [0.15, 0.2) is 23.1 Å². The van der Waals surface area contributed by atoms with Crippen molar-refractivity contribution in [1.82, 2.24) is 4.72 Å². The van der Waals surface area contributed by atoms with Crippen molar-refractivity contribution in [2.75, 3.05) is 11.9 Å². The lowest BCUT2D eigenvalue weighted by atomic mass is 10.1. The maximum absolute atomic E-state index is 12.2. The summed E-state index contributed by atoms with van der Waals surface area (Å²) in [7, 11) is -3.33. The molecule has 0 aromatic heterocycles. The SMILES string of the molecule is O=S(=O)(NCCCCCCBr)c1ccc2c(c1)CCC2. The van der Waals surface area contributed by atoms with Gasteiger partial charge in [-0.1, -0.05) is 34.8 Å². The van der Waals surface area contributed by atoms with Gasteiger partial charge in [-0.25, -0.2) is 13.1 Å². The van der Waals surface area contributed by atoms with Crippen LogP contribution in [0.1, 0.15) is 43.2 Å². The molecule has 1 N–H and O–H groups in total. The number of benzene rings is 1. The van der Waals surface area contributed by atoms with Gasteiger partial charge in [0.1, 0.15) is 0 Å². The van der Waals surface area contributed by atoms with Crippen LogP contribution in [0, 0.1) is 0 Å². The number of nitrogens with one attached hydrogen (secondary N) is 1. The lowest BCUT2D eigenvalue weighted by molar-refractivity contribution is 0.574. The Morgan fingerprint density at radius 3 is 2.60 bits per heavy atom. The van der Waals surface area contributed by atoms with Crippen LogP contribution in [0.2, 0.25) is 0 Å². The molecule has 0 fully saturated rings. The minimum atomic E-state index is -3.33. The third kappa shape index (κ3) is 4.30. The normalized spacial score (nSPS) is 14.4. The van der Waals surface area contributed by atoms with Gasteiger partial charge in [-0.05, 0) is 55.4 Å². The largest absolute Gasteiger partial charge is 0.240 e. The topological polar surface area (TPSA) is 46.2 Å². The fourth-order valence-corrected chi connectivity index (χ4v) is 4.10. The third-order valence-electron chi connectivity index (χ3n) is 3.73. The first-order valence-electron chi connectivity index (χ1n) is 7.31. The Bertz CT molecular complexity index is 543. The summed E-state index contributed by atoms with van der Waals surface area (Å²) < 4.78 is 27.1. The Kier molecular flexibility index (Phi) is 6.05. The van der Waals surface area contributed by atoms with E-state index >= 15 is 0 Å². The molecule has 0 amide bonds. The average molecular weight is 360 g/mol. The molecule has 1 aromatic carbocycles. The highest BCUT2D eigenvalue weighted by molar-refractivity contribution is 9.09. The molecule has 2 rings (SSSR count). The molecule has 0 saturated heterocycles. The van der Waals surface area contributed by atoms with Gasteiger partial charge in [-0.15, -0.1) is 0 Å². The average Bonchev–Trinajstić information content (AvgIpc) is 2.90. The first-order valence-corrected chi connectivity index (χ1v) is 9.91. The van der Waals surface area contributed by atoms with Crippen LogP contribution in [0.3, 0.4) is 0 Å². The summed E-state index contributed by atoms with van der Waals surface area (Å²) in [5.74, 6) is 0. The van der Waals surface area contributed by atoms with Gasteiger partial charge in [0.05, 0.1) is 4.90 Å². The van der Waals surface area contributed by atoms with Gasteiger partial charge in [-0.3, -0.25) is 0 Å². The fourth-order valence-electron chi connectivity index (χ4n) is 2.58. The van der Waals surface area contributed by atoms with Crippen molar-refractivity contribution in [2.24, 2.45) is 0 Å². The van der Waals surface area contributed by atoms with Crippen molar-refractivity contribution in [3.63, 3.8) is 0 Å². The summed E-state index contributed by atoms with van der Waals surface area (Å²) in [6, 6.07) is 5.54. The molecule has 1 aliphatic carbocycles. The van der Waals surface area contributed by atoms with Crippen molar-refractivity contribution in [1.29, 1.82) is 0 Å². The molecule has 0 aliphatic heterocycles. The van der Waals surface area contributed by atoms with Crippen molar-refractivity contribution >= 4 is 26.0 Å². The quantitative estimate of drug-likeness (QED) is 0.570. The molecule has 0 spiro atoms. The van der Waals surface area contributed by atoms with E-state index in [1.165, 1.54) is 11.1 Å². The second-order valence-corrected chi connectivity index (χ2v) is 7.84. The van der Waals surface area contributed by atoms with Crippen LogP contribution in [0.5, 0.6) is 0 Å². The summed E-state index contributed by atoms with van der Waals surface area (Å²) in [6.07, 6.45) is 7.49. The number of hydrogen-bond acceptors (Lipinski definition) is 2. The van der Waals surface area contributed by atoms with Crippen LogP contribution in [-0.2, 0) is 22.9 Å². The van der Waals surface area contributed by atoms with Gasteiger partial charge in [0, 0.05) is 11.9 Å². The molecular formula is C15H22BrNO2S. The summed E-state index contributed by atoms with van der Waals surface area (Å²) >= 11 is 3.39. The lowest BCUT2D eigenvalue weighted by Gasteiger charge is -2.08.